The van der Waals surface area contributed by atoms with E-state index in [9.17, 15) is 4.39 Å². The van der Waals surface area contributed by atoms with Gasteiger partial charge in [0.05, 0.1) is 11.8 Å². The van der Waals surface area contributed by atoms with Crippen LogP contribution in [0.2, 0.25) is 0 Å². The van der Waals surface area contributed by atoms with Gasteiger partial charge in [0.15, 0.2) is 5.82 Å². The first-order valence-corrected chi connectivity index (χ1v) is 6.97. The van der Waals surface area contributed by atoms with Crippen LogP contribution in [0.15, 0.2) is 24.7 Å². The van der Waals surface area contributed by atoms with Crippen LogP contribution in [-0.2, 0) is 13.5 Å². The van der Waals surface area contributed by atoms with Gasteiger partial charge in [-0.15, -0.1) is 0 Å². The number of anilines is 3. The fourth-order valence-corrected chi connectivity index (χ4v) is 2.53. The predicted octanol–water partition coefficient (Wildman–Crippen LogP) is 2.41. The van der Waals surface area contributed by atoms with Crippen molar-refractivity contribution < 1.29 is 4.39 Å². The Kier molecular flexibility index (Phi) is 3.40. The number of hydrogen-bond donors (Lipinski definition) is 1. The number of rotatable bonds is 3. The number of pyridine rings is 2. The van der Waals surface area contributed by atoms with Crippen LogP contribution < -0.4 is 10.6 Å². The van der Waals surface area contributed by atoms with Crippen molar-refractivity contribution in [3.05, 3.63) is 36.2 Å². The Morgan fingerprint density at radius 1 is 1.36 bits per heavy atom. The van der Waals surface area contributed by atoms with Crippen LogP contribution in [0.1, 0.15) is 12.5 Å². The summed E-state index contributed by atoms with van der Waals surface area (Å²) in [6.07, 6.45) is 3.84. The second-order valence-electron chi connectivity index (χ2n) is 5.11. The minimum atomic E-state index is -0.521. The van der Waals surface area contributed by atoms with E-state index in [1.54, 1.807) is 24.3 Å². The van der Waals surface area contributed by atoms with Crippen molar-refractivity contribution in [2.24, 2.45) is 7.05 Å². The Balaban J connectivity index is 2.17. The summed E-state index contributed by atoms with van der Waals surface area (Å²) in [4.78, 5) is 14.0. The van der Waals surface area contributed by atoms with Crippen LogP contribution in [0.4, 0.5) is 21.7 Å². The molecule has 6 nitrogen and oxygen atoms in total. The molecule has 0 saturated carbocycles. The molecular weight excluding hydrogens is 283 g/mol. The van der Waals surface area contributed by atoms with Gasteiger partial charge < -0.3 is 15.2 Å². The first-order valence-electron chi connectivity index (χ1n) is 6.97. The second-order valence-corrected chi connectivity index (χ2v) is 5.11. The Morgan fingerprint density at radius 2 is 2.14 bits per heavy atom. The molecule has 0 aliphatic rings. The van der Waals surface area contributed by atoms with Crippen molar-refractivity contribution >= 4 is 28.4 Å². The van der Waals surface area contributed by atoms with E-state index in [0.29, 0.717) is 29.3 Å². The average Bonchev–Trinajstić information content (AvgIpc) is 2.88. The van der Waals surface area contributed by atoms with E-state index in [4.69, 9.17) is 5.73 Å². The maximum absolute atomic E-state index is 14.2. The molecule has 0 fully saturated rings. The normalized spacial score (nSPS) is 11.1. The molecule has 0 aliphatic carbocycles. The van der Waals surface area contributed by atoms with E-state index in [1.807, 2.05) is 24.6 Å². The summed E-state index contributed by atoms with van der Waals surface area (Å²) in [5.41, 5.74) is 8.73. The highest BCUT2D eigenvalue weighted by Gasteiger charge is 2.18. The van der Waals surface area contributed by atoms with Crippen LogP contribution in [-0.4, -0.2) is 26.6 Å². The molecule has 0 unspecified atom stereocenters. The molecule has 7 heteroatoms. The quantitative estimate of drug-likeness (QED) is 0.752. The van der Waals surface area contributed by atoms with Crippen molar-refractivity contribution in [1.29, 1.82) is 0 Å². The van der Waals surface area contributed by atoms with E-state index < -0.39 is 5.95 Å². The molecule has 0 spiro atoms. The highest BCUT2D eigenvalue weighted by atomic mass is 19.1. The number of halogens is 1. The third-order valence-corrected chi connectivity index (χ3v) is 3.75. The van der Waals surface area contributed by atoms with Crippen LogP contribution in [0, 0.1) is 5.95 Å². The monoisotopic (exact) mass is 300 g/mol. The summed E-state index contributed by atoms with van der Waals surface area (Å²) < 4.78 is 16.0. The number of nitrogens with zero attached hydrogens (tertiary/aromatic N) is 5. The van der Waals surface area contributed by atoms with Crippen LogP contribution >= 0.6 is 0 Å². The van der Waals surface area contributed by atoms with E-state index in [1.165, 1.54) is 6.20 Å². The zero-order valence-corrected chi connectivity index (χ0v) is 12.7. The van der Waals surface area contributed by atoms with Crippen molar-refractivity contribution in [2.45, 2.75) is 13.3 Å². The molecule has 0 aromatic carbocycles. The minimum absolute atomic E-state index is 0.322. The Labute approximate surface area is 127 Å². The average molecular weight is 300 g/mol. The summed E-state index contributed by atoms with van der Waals surface area (Å²) in [6, 6.07) is 3.64. The fraction of sp³-hybridized carbons (Fsp3) is 0.267. The molecule has 0 radical (unpaired) electrons. The summed E-state index contributed by atoms with van der Waals surface area (Å²) in [5.74, 6) is 0.352. The molecule has 0 saturated heterocycles. The van der Waals surface area contributed by atoms with Gasteiger partial charge in [-0.3, -0.25) is 0 Å². The molecular formula is C15H17FN6. The largest absolute Gasteiger partial charge is 0.382 e. The first kappa shape index (κ1) is 14.2. The Bertz CT molecular complexity index is 841. The highest BCUT2D eigenvalue weighted by Crippen LogP contribution is 2.31. The van der Waals surface area contributed by atoms with Crippen LogP contribution in [0.5, 0.6) is 0 Å². The number of hydrogen-bond acceptors (Lipinski definition) is 5. The lowest BCUT2D eigenvalue weighted by molar-refractivity contribution is 0.581. The van der Waals surface area contributed by atoms with Gasteiger partial charge in [-0.05, 0) is 18.1 Å². The zero-order chi connectivity index (χ0) is 15.9. The van der Waals surface area contributed by atoms with Gasteiger partial charge in [-0.2, -0.15) is 4.39 Å². The van der Waals surface area contributed by atoms with Gasteiger partial charge in [-0.1, -0.05) is 6.92 Å². The maximum Gasteiger partial charge on any atom is 0.237 e. The summed E-state index contributed by atoms with van der Waals surface area (Å²) >= 11 is 0. The van der Waals surface area contributed by atoms with Gasteiger partial charge in [0.25, 0.3) is 0 Å². The van der Waals surface area contributed by atoms with E-state index in [-0.39, 0.29) is 0 Å². The highest BCUT2D eigenvalue weighted by molar-refractivity contribution is 5.88. The third-order valence-electron chi connectivity index (χ3n) is 3.75. The molecule has 22 heavy (non-hydrogen) atoms. The molecule has 0 aliphatic heterocycles. The molecule has 0 amide bonds. The van der Waals surface area contributed by atoms with Gasteiger partial charge in [-0.25, -0.2) is 15.0 Å². The number of aromatic nitrogens is 4. The van der Waals surface area contributed by atoms with E-state index in [2.05, 4.69) is 15.0 Å². The summed E-state index contributed by atoms with van der Waals surface area (Å²) in [5, 5.41) is 0. The molecule has 114 valence electrons. The maximum atomic E-state index is 14.2. The molecule has 3 heterocycles. The fourth-order valence-electron chi connectivity index (χ4n) is 2.53. The molecule has 0 bridgehead atoms. The SMILES string of the molecule is CCc1ccnc(F)c1N(C)c1cc2c(ncn2C)c(N)n1. The molecule has 2 N–H and O–H groups in total. The van der Waals surface area contributed by atoms with Crippen molar-refractivity contribution in [3.8, 4) is 0 Å². The van der Waals surface area contributed by atoms with E-state index >= 15 is 0 Å². The van der Waals surface area contributed by atoms with Crippen LogP contribution in [0.25, 0.3) is 11.0 Å². The lowest BCUT2D eigenvalue weighted by Gasteiger charge is -2.21. The van der Waals surface area contributed by atoms with Crippen LogP contribution in [0.3, 0.4) is 0 Å². The number of imidazole rings is 1. The standard InChI is InChI=1S/C15H17FN6/c1-4-9-5-6-18-14(16)13(9)22(3)11-7-10-12(15(17)20-11)19-8-21(10)2/h5-8H,4H2,1-3H3,(H2,17,20). The number of aryl methyl sites for hydroxylation is 2. The Hall–Kier alpha value is -2.70. The number of nitrogens with two attached hydrogens (primary N) is 1. The lowest BCUT2D eigenvalue weighted by Crippen LogP contribution is -2.16. The Morgan fingerprint density at radius 3 is 2.86 bits per heavy atom. The molecule has 3 aromatic heterocycles. The van der Waals surface area contributed by atoms with Gasteiger partial charge >= 0.3 is 0 Å². The van der Waals surface area contributed by atoms with Crippen molar-refractivity contribution in [3.63, 3.8) is 0 Å². The first-order chi connectivity index (χ1) is 10.5. The van der Waals surface area contributed by atoms with Crippen molar-refractivity contribution in [2.75, 3.05) is 17.7 Å². The second kappa shape index (κ2) is 5.25. The van der Waals surface area contributed by atoms with Gasteiger partial charge in [0.2, 0.25) is 5.95 Å². The van der Waals surface area contributed by atoms with Gasteiger partial charge in [0.1, 0.15) is 17.0 Å². The number of fused-ring (bicyclic) bond motifs is 1. The minimum Gasteiger partial charge on any atom is -0.382 e. The molecule has 3 rings (SSSR count). The summed E-state index contributed by atoms with van der Waals surface area (Å²) in [6.45, 7) is 1.97. The molecule has 0 atom stereocenters. The number of nitrogen functional groups attached to an aromatic ring is 1. The summed E-state index contributed by atoms with van der Waals surface area (Å²) in [7, 11) is 3.63. The predicted molar refractivity (Wildman–Crippen MR) is 84.6 cm³/mol. The smallest absolute Gasteiger partial charge is 0.237 e. The van der Waals surface area contributed by atoms with Crippen molar-refractivity contribution in [1.82, 2.24) is 19.5 Å². The van der Waals surface area contributed by atoms with Gasteiger partial charge in [0, 0.05) is 26.4 Å². The third kappa shape index (κ3) is 2.14. The molecule has 3 aromatic rings. The van der Waals surface area contributed by atoms with E-state index in [0.717, 1.165) is 11.1 Å². The zero-order valence-electron chi connectivity index (χ0n) is 12.7. The lowest BCUT2D eigenvalue weighted by atomic mass is 10.1. The topological polar surface area (TPSA) is 72.9 Å².